The molecule has 1 fully saturated rings. The van der Waals surface area contributed by atoms with Crippen molar-refractivity contribution in [2.24, 2.45) is 0 Å². The predicted molar refractivity (Wildman–Crippen MR) is 58.1 cm³/mol. The number of nitrogens with one attached hydrogen (secondary N) is 2. The molecule has 0 bridgehead atoms. The van der Waals surface area contributed by atoms with E-state index in [0.29, 0.717) is 0 Å². The molecule has 78 valence electrons. The third-order valence-electron chi connectivity index (χ3n) is 2.70. The van der Waals surface area contributed by atoms with Crippen molar-refractivity contribution in [1.82, 2.24) is 10.3 Å². The standard InChI is InChI=1S/C9H22N2OSi/c1-10-8-13(12-2)11-9-6-4-3-5-7-9/h9-11,13H,3-8H2,1-2H3. The Morgan fingerprint density at radius 1 is 1.31 bits per heavy atom. The molecule has 4 heteroatoms. The molecule has 1 unspecified atom stereocenters. The normalized spacial score (nSPS) is 21.7. The van der Waals surface area contributed by atoms with Crippen molar-refractivity contribution in [3.63, 3.8) is 0 Å². The maximum atomic E-state index is 5.46. The van der Waals surface area contributed by atoms with E-state index < -0.39 is 9.20 Å². The third kappa shape index (κ3) is 4.22. The van der Waals surface area contributed by atoms with Crippen LogP contribution in [0.5, 0.6) is 0 Å². The molecule has 1 atom stereocenters. The van der Waals surface area contributed by atoms with E-state index in [-0.39, 0.29) is 0 Å². The second-order valence-corrected chi connectivity index (χ2v) is 5.97. The highest BCUT2D eigenvalue weighted by molar-refractivity contribution is 6.49. The lowest BCUT2D eigenvalue weighted by Crippen LogP contribution is -2.49. The smallest absolute Gasteiger partial charge is 0.265 e. The van der Waals surface area contributed by atoms with Gasteiger partial charge in [-0.1, -0.05) is 19.3 Å². The molecule has 0 radical (unpaired) electrons. The molecule has 2 N–H and O–H groups in total. The summed E-state index contributed by atoms with van der Waals surface area (Å²) in [5, 5.41) is 3.18. The maximum absolute atomic E-state index is 5.46. The minimum atomic E-state index is -1.15. The van der Waals surface area contributed by atoms with E-state index in [9.17, 15) is 0 Å². The largest absolute Gasteiger partial charge is 0.408 e. The zero-order valence-corrected chi connectivity index (χ0v) is 9.96. The van der Waals surface area contributed by atoms with Gasteiger partial charge in [0.2, 0.25) is 0 Å². The van der Waals surface area contributed by atoms with Gasteiger partial charge >= 0.3 is 0 Å². The Bertz CT molecular complexity index is 126. The molecule has 0 aromatic carbocycles. The van der Waals surface area contributed by atoms with Crippen molar-refractivity contribution < 1.29 is 4.43 Å². The zero-order chi connectivity index (χ0) is 9.52. The lowest BCUT2D eigenvalue weighted by atomic mass is 9.96. The van der Waals surface area contributed by atoms with Crippen molar-refractivity contribution in [2.45, 2.75) is 38.1 Å². The monoisotopic (exact) mass is 202 g/mol. The van der Waals surface area contributed by atoms with Crippen molar-refractivity contribution in [2.75, 3.05) is 20.3 Å². The van der Waals surface area contributed by atoms with Crippen LogP contribution in [-0.2, 0) is 4.43 Å². The fraction of sp³-hybridized carbons (Fsp3) is 1.00. The van der Waals surface area contributed by atoms with Gasteiger partial charge in [0.1, 0.15) is 0 Å². The zero-order valence-electron chi connectivity index (χ0n) is 8.81. The highest BCUT2D eigenvalue weighted by Gasteiger charge is 2.18. The summed E-state index contributed by atoms with van der Waals surface area (Å²) in [5.74, 6) is 0. The average Bonchev–Trinajstić information content (AvgIpc) is 2.19. The Labute approximate surface area is 83.0 Å². The molecule has 0 aromatic rings. The van der Waals surface area contributed by atoms with Crippen LogP contribution in [0.25, 0.3) is 0 Å². The van der Waals surface area contributed by atoms with Gasteiger partial charge < -0.3 is 14.7 Å². The Kier molecular flexibility index (Phi) is 5.62. The van der Waals surface area contributed by atoms with E-state index in [1.165, 1.54) is 32.1 Å². The molecule has 3 nitrogen and oxygen atoms in total. The predicted octanol–water partition coefficient (Wildman–Crippen LogP) is 0.534. The summed E-state index contributed by atoms with van der Waals surface area (Å²) < 4.78 is 5.46. The summed E-state index contributed by atoms with van der Waals surface area (Å²) in [5.41, 5.74) is 0. The summed E-state index contributed by atoms with van der Waals surface area (Å²) in [6.45, 7) is 0. The second-order valence-electron chi connectivity index (χ2n) is 3.78. The van der Waals surface area contributed by atoms with Crippen LogP contribution < -0.4 is 10.3 Å². The Morgan fingerprint density at radius 3 is 2.54 bits per heavy atom. The minimum Gasteiger partial charge on any atom is -0.408 e. The lowest BCUT2D eigenvalue weighted by molar-refractivity contribution is 0.360. The minimum absolute atomic E-state index is 0.735. The van der Waals surface area contributed by atoms with Gasteiger partial charge in [-0.15, -0.1) is 0 Å². The summed E-state index contributed by atoms with van der Waals surface area (Å²) in [6, 6.07) is 0.735. The topological polar surface area (TPSA) is 33.3 Å². The van der Waals surface area contributed by atoms with Gasteiger partial charge in [-0.3, -0.25) is 0 Å². The molecule has 0 spiro atoms. The molecule has 0 aliphatic heterocycles. The molecule has 0 amide bonds. The molecule has 1 aliphatic rings. The molecule has 1 rings (SSSR count). The first-order valence-electron chi connectivity index (χ1n) is 5.30. The van der Waals surface area contributed by atoms with Crippen LogP contribution in [0.3, 0.4) is 0 Å². The molecule has 0 saturated heterocycles. The summed E-state index contributed by atoms with van der Waals surface area (Å²) in [6.07, 6.45) is 7.91. The van der Waals surface area contributed by atoms with Gasteiger partial charge in [0, 0.05) is 19.3 Å². The van der Waals surface area contributed by atoms with Crippen LogP contribution in [0.15, 0.2) is 0 Å². The highest BCUT2D eigenvalue weighted by atomic mass is 28.3. The lowest BCUT2D eigenvalue weighted by Gasteiger charge is -2.26. The fourth-order valence-electron chi connectivity index (χ4n) is 1.93. The second kappa shape index (κ2) is 6.54. The fourth-order valence-corrected chi connectivity index (χ4v) is 3.58. The van der Waals surface area contributed by atoms with Crippen LogP contribution in [0, 0.1) is 0 Å². The molecule has 0 aromatic heterocycles. The van der Waals surface area contributed by atoms with E-state index in [2.05, 4.69) is 10.3 Å². The Balaban J connectivity index is 2.18. The number of rotatable bonds is 5. The van der Waals surface area contributed by atoms with E-state index in [1.807, 2.05) is 14.2 Å². The first kappa shape index (κ1) is 11.2. The van der Waals surface area contributed by atoms with Gasteiger partial charge in [-0.05, 0) is 19.9 Å². The van der Waals surface area contributed by atoms with Crippen molar-refractivity contribution in [3.05, 3.63) is 0 Å². The van der Waals surface area contributed by atoms with Crippen LogP contribution >= 0.6 is 0 Å². The van der Waals surface area contributed by atoms with E-state index in [0.717, 1.165) is 12.2 Å². The van der Waals surface area contributed by atoms with Gasteiger partial charge in [0.05, 0.1) is 0 Å². The molecule has 0 heterocycles. The van der Waals surface area contributed by atoms with Crippen LogP contribution in [0.2, 0.25) is 0 Å². The molecular weight excluding hydrogens is 180 g/mol. The molecular formula is C9H22N2OSi. The van der Waals surface area contributed by atoms with Crippen molar-refractivity contribution in [3.8, 4) is 0 Å². The Morgan fingerprint density at radius 2 is 2.00 bits per heavy atom. The highest BCUT2D eigenvalue weighted by Crippen LogP contribution is 2.17. The number of hydrogen-bond donors (Lipinski definition) is 2. The van der Waals surface area contributed by atoms with Crippen molar-refractivity contribution in [1.29, 1.82) is 0 Å². The first-order chi connectivity index (χ1) is 6.36. The van der Waals surface area contributed by atoms with Crippen LogP contribution in [0.1, 0.15) is 32.1 Å². The van der Waals surface area contributed by atoms with E-state index in [1.54, 1.807) is 0 Å². The summed E-state index contributed by atoms with van der Waals surface area (Å²) in [7, 11) is 2.66. The number of hydrogen-bond acceptors (Lipinski definition) is 3. The van der Waals surface area contributed by atoms with E-state index in [4.69, 9.17) is 4.43 Å². The van der Waals surface area contributed by atoms with Crippen LogP contribution in [-0.4, -0.2) is 35.6 Å². The van der Waals surface area contributed by atoms with E-state index >= 15 is 0 Å². The third-order valence-corrected chi connectivity index (χ3v) is 4.89. The molecule has 1 saturated carbocycles. The van der Waals surface area contributed by atoms with Crippen molar-refractivity contribution >= 4 is 9.20 Å². The Hall–Kier alpha value is 0.0969. The molecule has 13 heavy (non-hydrogen) atoms. The summed E-state index contributed by atoms with van der Waals surface area (Å²) in [4.78, 5) is 3.66. The molecule has 1 aliphatic carbocycles. The van der Waals surface area contributed by atoms with Gasteiger partial charge in [0.15, 0.2) is 0 Å². The van der Waals surface area contributed by atoms with Gasteiger partial charge in [-0.2, -0.15) is 0 Å². The maximum Gasteiger partial charge on any atom is 0.265 e. The van der Waals surface area contributed by atoms with Gasteiger partial charge in [0.25, 0.3) is 9.20 Å². The summed E-state index contributed by atoms with van der Waals surface area (Å²) >= 11 is 0. The first-order valence-corrected chi connectivity index (χ1v) is 7.16. The quantitative estimate of drug-likeness (QED) is 0.638. The van der Waals surface area contributed by atoms with Crippen LogP contribution in [0.4, 0.5) is 0 Å². The SMILES string of the molecule is CNC[SiH](NC1CCCCC1)OC. The average molecular weight is 202 g/mol. The van der Waals surface area contributed by atoms with Gasteiger partial charge in [-0.25, -0.2) is 0 Å².